The first kappa shape index (κ1) is 12.0. The van der Waals surface area contributed by atoms with Crippen LogP contribution in [-0.4, -0.2) is 12.6 Å². The molecular formula is C13H15F2NO. The van der Waals surface area contributed by atoms with Crippen molar-refractivity contribution in [2.24, 2.45) is 0 Å². The smallest absolute Gasteiger partial charge is 0.172 e. The van der Waals surface area contributed by atoms with Gasteiger partial charge in [0.1, 0.15) is 17.7 Å². The molecule has 0 aliphatic heterocycles. The maximum absolute atomic E-state index is 14.0. The molecule has 0 aliphatic carbocycles. The van der Waals surface area contributed by atoms with Crippen LogP contribution < -0.4 is 5.32 Å². The van der Waals surface area contributed by atoms with Crippen LogP contribution in [0.4, 0.5) is 8.78 Å². The lowest BCUT2D eigenvalue weighted by atomic mass is 10.0. The van der Waals surface area contributed by atoms with Crippen molar-refractivity contribution in [1.82, 2.24) is 5.32 Å². The second-order valence-corrected chi connectivity index (χ2v) is 4.16. The van der Waals surface area contributed by atoms with Gasteiger partial charge in [0.05, 0.1) is 5.39 Å². The van der Waals surface area contributed by atoms with Crippen LogP contribution in [0.2, 0.25) is 0 Å². The van der Waals surface area contributed by atoms with Gasteiger partial charge in [0.15, 0.2) is 5.82 Å². The Morgan fingerprint density at radius 2 is 2.12 bits per heavy atom. The molecule has 92 valence electrons. The lowest BCUT2D eigenvalue weighted by Crippen LogP contribution is -2.27. The maximum atomic E-state index is 14.0. The molecule has 0 saturated carbocycles. The molecule has 0 amide bonds. The maximum Gasteiger partial charge on any atom is 0.172 e. The highest BCUT2D eigenvalue weighted by Gasteiger charge is 2.15. The number of hydrogen-bond donors (Lipinski definition) is 1. The standard InChI is InChI=1S/C13H15F2NO/c1-3-16-8(2)6-9-4-5-11-12(13(9)15)10(14)7-17-11/h4-5,7-8,16H,3,6H2,1-2H3/t8-/m0/s1. The molecule has 1 aromatic carbocycles. The van der Waals surface area contributed by atoms with Crippen molar-refractivity contribution in [1.29, 1.82) is 0 Å². The Morgan fingerprint density at radius 1 is 1.35 bits per heavy atom. The minimum absolute atomic E-state index is 0.0498. The van der Waals surface area contributed by atoms with Gasteiger partial charge in [0, 0.05) is 6.04 Å². The molecule has 0 saturated heterocycles. The largest absolute Gasteiger partial charge is 0.461 e. The summed E-state index contributed by atoms with van der Waals surface area (Å²) in [5, 5.41) is 3.14. The number of hydrogen-bond acceptors (Lipinski definition) is 2. The fourth-order valence-corrected chi connectivity index (χ4v) is 2.00. The van der Waals surface area contributed by atoms with E-state index >= 15 is 0 Å². The Hall–Kier alpha value is -1.42. The quantitative estimate of drug-likeness (QED) is 0.886. The molecule has 1 N–H and O–H groups in total. The zero-order valence-corrected chi connectivity index (χ0v) is 9.89. The van der Waals surface area contributed by atoms with Crippen molar-refractivity contribution >= 4 is 11.0 Å². The van der Waals surface area contributed by atoms with Gasteiger partial charge >= 0.3 is 0 Å². The first-order valence-corrected chi connectivity index (χ1v) is 5.71. The molecule has 1 atom stereocenters. The molecule has 17 heavy (non-hydrogen) atoms. The highest BCUT2D eigenvalue weighted by molar-refractivity contribution is 5.79. The van der Waals surface area contributed by atoms with Gasteiger partial charge in [-0.3, -0.25) is 0 Å². The van der Waals surface area contributed by atoms with Gasteiger partial charge in [-0.25, -0.2) is 8.78 Å². The molecule has 0 aliphatic rings. The van der Waals surface area contributed by atoms with Crippen LogP contribution in [0.1, 0.15) is 19.4 Å². The molecule has 0 bridgehead atoms. The van der Waals surface area contributed by atoms with Crippen molar-refractivity contribution in [3.8, 4) is 0 Å². The van der Waals surface area contributed by atoms with E-state index in [4.69, 9.17) is 4.42 Å². The molecule has 1 aromatic heterocycles. The summed E-state index contributed by atoms with van der Waals surface area (Å²) in [4.78, 5) is 0. The van der Waals surface area contributed by atoms with Crippen molar-refractivity contribution in [3.05, 3.63) is 35.6 Å². The van der Waals surface area contributed by atoms with Crippen LogP contribution in [-0.2, 0) is 6.42 Å². The van der Waals surface area contributed by atoms with E-state index in [1.54, 1.807) is 12.1 Å². The normalized spacial score (nSPS) is 13.2. The molecular weight excluding hydrogens is 224 g/mol. The van der Waals surface area contributed by atoms with E-state index in [0.717, 1.165) is 12.8 Å². The van der Waals surface area contributed by atoms with Crippen LogP contribution in [0, 0.1) is 11.6 Å². The molecule has 0 spiro atoms. The third-order valence-electron chi connectivity index (χ3n) is 2.79. The van der Waals surface area contributed by atoms with E-state index < -0.39 is 11.6 Å². The van der Waals surface area contributed by atoms with Gasteiger partial charge in [-0.2, -0.15) is 0 Å². The summed E-state index contributed by atoms with van der Waals surface area (Å²) in [7, 11) is 0. The van der Waals surface area contributed by atoms with Crippen LogP contribution in [0.5, 0.6) is 0 Å². The van der Waals surface area contributed by atoms with E-state index in [1.807, 2.05) is 13.8 Å². The summed E-state index contributed by atoms with van der Waals surface area (Å²) >= 11 is 0. The summed E-state index contributed by atoms with van der Waals surface area (Å²) < 4.78 is 32.3. The second kappa shape index (κ2) is 4.84. The summed E-state index contributed by atoms with van der Waals surface area (Å²) in [6, 6.07) is 3.41. The highest BCUT2D eigenvalue weighted by atomic mass is 19.1. The highest BCUT2D eigenvalue weighted by Crippen LogP contribution is 2.26. The number of furan rings is 1. The van der Waals surface area contributed by atoms with Crippen molar-refractivity contribution in [2.75, 3.05) is 6.54 Å². The molecule has 2 aromatic rings. The van der Waals surface area contributed by atoms with Crippen LogP contribution >= 0.6 is 0 Å². The predicted octanol–water partition coefficient (Wildman–Crippen LogP) is 3.25. The summed E-state index contributed by atoms with van der Waals surface area (Å²) in [6.07, 6.45) is 1.46. The predicted molar refractivity (Wildman–Crippen MR) is 63.0 cm³/mol. The van der Waals surface area contributed by atoms with Gasteiger partial charge in [-0.05, 0) is 31.5 Å². The SMILES string of the molecule is CCN[C@@H](C)Cc1ccc2occ(F)c2c1F. The number of benzene rings is 1. The molecule has 1 heterocycles. The summed E-state index contributed by atoms with van der Waals surface area (Å²) in [6.45, 7) is 4.79. The third-order valence-corrected chi connectivity index (χ3v) is 2.79. The number of nitrogens with one attached hydrogen (secondary N) is 1. The average molecular weight is 239 g/mol. The zero-order chi connectivity index (χ0) is 12.4. The van der Waals surface area contributed by atoms with Gasteiger partial charge in [0.2, 0.25) is 0 Å². The Bertz CT molecular complexity index is 521. The number of rotatable bonds is 4. The van der Waals surface area contributed by atoms with Gasteiger partial charge in [0.25, 0.3) is 0 Å². The van der Waals surface area contributed by atoms with Gasteiger partial charge in [-0.1, -0.05) is 13.0 Å². The van der Waals surface area contributed by atoms with E-state index in [9.17, 15) is 8.78 Å². The first-order chi connectivity index (χ1) is 8.13. The topological polar surface area (TPSA) is 25.2 Å². The number of fused-ring (bicyclic) bond motifs is 1. The Morgan fingerprint density at radius 3 is 2.82 bits per heavy atom. The molecule has 2 rings (SSSR count). The first-order valence-electron chi connectivity index (χ1n) is 5.71. The number of halogens is 2. The van der Waals surface area contributed by atoms with E-state index in [0.29, 0.717) is 12.0 Å². The van der Waals surface area contributed by atoms with Crippen LogP contribution in [0.15, 0.2) is 22.8 Å². The minimum atomic E-state index is -0.643. The van der Waals surface area contributed by atoms with E-state index in [2.05, 4.69) is 5.32 Å². The van der Waals surface area contributed by atoms with Crippen LogP contribution in [0.25, 0.3) is 11.0 Å². The van der Waals surface area contributed by atoms with Crippen molar-refractivity contribution in [3.63, 3.8) is 0 Å². The fraction of sp³-hybridized carbons (Fsp3) is 0.385. The fourth-order valence-electron chi connectivity index (χ4n) is 2.00. The minimum Gasteiger partial charge on any atom is -0.461 e. The number of likely N-dealkylation sites (N-methyl/N-ethyl adjacent to an activating group) is 1. The van der Waals surface area contributed by atoms with E-state index in [-0.39, 0.29) is 17.0 Å². The Balaban J connectivity index is 2.35. The van der Waals surface area contributed by atoms with Crippen molar-refractivity contribution in [2.45, 2.75) is 26.3 Å². The monoisotopic (exact) mass is 239 g/mol. The molecule has 4 heteroatoms. The van der Waals surface area contributed by atoms with Crippen molar-refractivity contribution < 1.29 is 13.2 Å². The molecule has 0 fully saturated rings. The lowest BCUT2D eigenvalue weighted by molar-refractivity contribution is 0.541. The zero-order valence-electron chi connectivity index (χ0n) is 9.89. The second-order valence-electron chi connectivity index (χ2n) is 4.16. The molecule has 2 nitrogen and oxygen atoms in total. The lowest BCUT2D eigenvalue weighted by Gasteiger charge is -2.12. The third kappa shape index (κ3) is 2.31. The molecule has 0 unspecified atom stereocenters. The average Bonchev–Trinajstić information content (AvgIpc) is 2.65. The van der Waals surface area contributed by atoms with E-state index in [1.165, 1.54) is 0 Å². The summed E-state index contributed by atoms with van der Waals surface area (Å²) in [5.74, 6) is -1.16. The Labute approximate surface area is 98.6 Å². The Kier molecular flexibility index (Phi) is 3.43. The molecule has 0 radical (unpaired) electrons. The van der Waals surface area contributed by atoms with Crippen LogP contribution in [0.3, 0.4) is 0 Å². The van der Waals surface area contributed by atoms with Gasteiger partial charge < -0.3 is 9.73 Å². The summed E-state index contributed by atoms with van der Waals surface area (Å²) in [5.41, 5.74) is 0.756. The van der Waals surface area contributed by atoms with Gasteiger partial charge in [-0.15, -0.1) is 0 Å².